The van der Waals surface area contributed by atoms with Crippen molar-refractivity contribution >= 4 is 32.3 Å². The summed E-state index contributed by atoms with van der Waals surface area (Å²) in [6.45, 7) is 0. The van der Waals surface area contributed by atoms with Crippen LogP contribution in [0.2, 0.25) is 0 Å². The van der Waals surface area contributed by atoms with E-state index in [0.29, 0.717) is 17.5 Å². The third-order valence-electron chi connectivity index (χ3n) is 10.3. The van der Waals surface area contributed by atoms with Crippen LogP contribution in [0.4, 0.5) is 0 Å². The molecule has 0 fully saturated rings. The molecule has 0 bridgehead atoms. The molecular formula is C51H33N3. The fourth-order valence-corrected chi connectivity index (χ4v) is 7.85. The second-order valence-electron chi connectivity index (χ2n) is 13.5. The Bertz CT molecular complexity index is 2910. The number of hydrogen-bond donors (Lipinski definition) is 0. The highest BCUT2D eigenvalue weighted by Crippen LogP contribution is 2.46. The first kappa shape index (κ1) is 31.5. The zero-order valence-electron chi connectivity index (χ0n) is 29.4. The topological polar surface area (TPSA) is 38.7 Å². The van der Waals surface area contributed by atoms with Crippen molar-refractivity contribution < 1.29 is 0 Å². The van der Waals surface area contributed by atoms with E-state index in [0.717, 1.165) is 33.0 Å². The van der Waals surface area contributed by atoms with Crippen molar-refractivity contribution in [2.75, 3.05) is 0 Å². The van der Waals surface area contributed by atoms with Gasteiger partial charge >= 0.3 is 0 Å². The number of aromatic nitrogens is 3. The van der Waals surface area contributed by atoms with E-state index in [4.69, 9.17) is 15.0 Å². The van der Waals surface area contributed by atoms with Crippen LogP contribution in [0.5, 0.6) is 0 Å². The summed E-state index contributed by atoms with van der Waals surface area (Å²) in [5, 5.41) is 7.14. The van der Waals surface area contributed by atoms with E-state index in [2.05, 4.69) is 170 Å². The van der Waals surface area contributed by atoms with Crippen molar-refractivity contribution in [1.29, 1.82) is 0 Å². The molecule has 0 amide bonds. The van der Waals surface area contributed by atoms with Crippen LogP contribution in [0, 0.1) is 0 Å². The predicted octanol–water partition coefficient (Wildman–Crippen LogP) is 13.3. The Hall–Kier alpha value is -7.23. The molecule has 0 aliphatic carbocycles. The van der Waals surface area contributed by atoms with Gasteiger partial charge in [-0.2, -0.15) is 0 Å². The molecule has 10 rings (SSSR count). The largest absolute Gasteiger partial charge is 0.208 e. The third kappa shape index (κ3) is 5.51. The van der Waals surface area contributed by atoms with Gasteiger partial charge in [-0.3, -0.25) is 0 Å². The molecule has 0 N–H and O–H groups in total. The second kappa shape index (κ2) is 13.4. The molecule has 252 valence electrons. The lowest BCUT2D eigenvalue weighted by Crippen LogP contribution is -2.00. The van der Waals surface area contributed by atoms with Crippen molar-refractivity contribution in [3.63, 3.8) is 0 Å². The molecule has 0 saturated carbocycles. The minimum absolute atomic E-state index is 0.640. The first-order valence-corrected chi connectivity index (χ1v) is 18.3. The maximum absolute atomic E-state index is 5.11. The molecule has 0 radical (unpaired) electrons. The molecule has 3 heteroatoms. The Morgan fingerprint density at radius 2 is 0.630 bits per heavy atom. The van der Waals surface area contributed by atoms with Crippen molar-refractivity contribution in [3.8, 4) is 67.5 Å². The van der Waals surface area contributed by atoms with Crippen LogP contribution in [0.15, 0.2) is 200 Å². The Morgan fingerprint density at radius 3 is 1.26 bits per heavy atom. The summed E-state index contributed by atoms with van der Waals surface area (Å²) in [4.78, 5) is 15.2. The highest BCUT2D eigenvalue weighted by molar-refractivity contribution is 6.22. The summed E-state index contributed by atoms with van der Waals surface area (Å²) in [6.07, 6.45) is 0. The van der Waals surface area contributed by atoms with E-state index in [9.17, 15) is 0 Å². The molecule has 3 nitrogen and oxygen atoms in total. The van der Waals surface area contributed by atoms with Gasteiger partial charge in [-0.25, -0.2) is 15.0 Å². The summed E-state index contributed by atoms with van der Waals surface area (Å²) in [5.41, 5.74) is 10.1. The zero-order chi connectivity index (χ0) is 35.8. The molecule has 0 aliphatic heterocycles. The van der Waals surface area contributed by atoms with Gasteiger partial charge < -0.3 is 0 Å². The molecule has 0 atom stereocenters. The van der Waals surface area contributed by atoms with Gasteiger partial charge in [-0.15, -0.1) is 0 Å². The Labute approximate surface area is 313 Å². The maximum atomic E-state index is 5.11. The first-order chi connectivity index (χ1) is 26.8. The van der Waals surface area contributed by atoms with Crippen LogP contribution in [0.25, 0.3) is 99.9 Å². The van der Waals surface area contributed by atoms with Gasteiger partial charge in [0.2, 0.25) is 0 Å². The van der Waals surface area contributed by atoms with Crippen molar-refractivity contribution in [2.24, 2.45) is 0 Å². The summed E-state index contributed by atoms with van der Waals surface area (Å²) in [6, 6.07) is 70.6. The quantitative estimate of drug-likeness (QED) is 0.163. The minimum atomic E-state index is 0.640. The zero-order valence-corrected chi connectivity index (χ0v) is 29.4. The van der Waals surface area contributed by atoms with E-state index in [1.54, 1.807) is 0 Å². The van der Waals surface area contributed by atoms with Gasteiger partial charge in [0.05, 0.1) is 0 Å². The Morgan fingerprint density at radius 1 is 0.222 bits per heavy atom. The number of benzene rings is 9. The van der Waals surface area contributed by atoms with E-state index in [1.165, 1.54) is 49.4 Å². The summed E-state index contributed by atoms with van der Waals surface area (Å²) in [5.74, 6) is 1.94. The third-order valence-corrected chi connectivity index (χ3v) is 10.3. The average Bonchev–Trinajstić information content (AvgIpc) is 3.26. The summed E-state index contributed by atoms with van der Waals surface area (Å²) in [7, 11) is 0. The van der Waals surface area contributed by atoms with Gasteiger partial charge in [0.15, 0.2) is 17.5 Å². The fraction of sp³-hybridized carbons (Fsp3) is 0. The van der Waals surface area contributed by atoms with Gasteiger partial charge in [-0.1, -0.05) is 200 Å². The van der Waals surface area contributed by atoms with Crippen molar-refractivity contribution in [1.82, 2.24) is 15.0 Å². The highest BCUT2D eigenvalue weighted by Gasteiger charge is 2.19. The van der Waals surface area contributed by atoms with Gasteiger partial charge in [0.25, 0.3) is 0 Å². The first-order valence-electron chi connectivity index (χ1n) is 18.3. The molecule has 0 spiro atoms. The van der Waals surface area contributed by atoms with Crippen LogP contribution in [-0.4, -0.2) is 15.0 Å². The summed E-state index contributed by atoms with van der Waals surface area (Å²) < 4.78 is 0. The predicted molar refractivity (Wildman–Crippen MR) is 225 cm³/mol. The smallest absolute Gasteiger partial charge is 0.164 e. The van der Waals surface area contributed by atoms with Crippen LogP contribution >= 0.6 is 0 Å². The minimum Gasteiger partial charge on any atom is -0.208 e. The lowest BCUT2D eigenvalue weighted by atomic mass is 9.84. The van der Waals surface area contributed by atoms with Gasteiger partial charge in [0, 0.05) is 16.7 Å². The van der Waals surface area contributed by atoms with E-state index >= 15 is 0 Å². The molecule has 0 saturated heterocycles. The van der Waals surface area contributed by atoms with Crippen molar-refractivity contribution in [2.45, 2.75) is 0 Å². The lowest BCUT2D eigenvalue weighted by molar-refractivity contribution is 1.08. The number of nitrogens with zero attached hydrogens (tertiary/aromatic N) is 3. The number of fused-ring (bicyclic) bond motifs is 3. The lowest BCUT2D eigenvalue weighted by Gasteiger charge is -2.19. The normalized spacial score (nSPS) is 11.3. The highest BCUT2D eigenvalue weighted by atomic mass is 15.0. The molecular weight excluding hydrogens is 655 g/mol. The average molecular weight is 688 g/mol. The number of rotatable bonds is 6. The molecule has 1 aromatic heterocycles. The molecule has 9 aromatic carbocycles. The summed E-state index contributed by atoms with van der Waals surface area (Å²) >= 11 is 0. The van der Waals surface area contributed by atoms with Crippen LogP contribution < -0.4 is 0 Å². The molecule has 10 aromatic rings. The van der Waals surface area contributed by atoms with Crippen LogP contribution in [0.1, 0.15) is 0 Å². The Balaban J connectivity index is 1.14. The number of hydrogen-bond acceptors (Lipinski definition) is 3. The Kier molecular flexibility index (Phi) is 7.81. The van der Waals surface area contributed by atoms with E-state index in [1.807, 2.05) is 30.3 Å². The molecule has 0 unspecified atom stereocenters. The standard InChI is InChI=1S/C51H33N3/c1-3-16-34(17-4-1)39-22-9-10-24-41(39)48-44-27-13-11-25-42(44)47(43-26-12-14-28-45(43)48)36-30-32-38(33-31-36)50-52-49(37-19-5-2-6-20-37)53-51(54-50)46-29-15-21-35-18-7-8-23-40(35)46/h1-33H. The van der Waals surface area contributed by atoms with Crippen LogP contribution in [0.3, 0.4) is 0 Å². The van der Waals surface area contributed by atoms with Gasteiger partial charge in [0.1, 0.15) is 0 Å². The SMILES string of the molecule is c1ccc(-c2nc(-c3ccc(-c4c5ccccc5c(-c5ccccc5-c5ccccc5)c5ccccc45)cc3)nc(-c3cccc4ccccc34)n2)cc1. The maximum Gasteiger partial charge on any atom is 0.164 e. The molecule has 0 aliphatic rings. The molecule has 1 heterocycles. The van der Waals surface area contributed by atoms with Crippen LogP contribution in [-0.2, 0) is 0 Å². The van der Waals surface area contributed by atoms with E-state index in [-0.39, 0.29) is 0 Å². The monoisotopic (exact) mass is 687 g/mol. The van der Waals surface area contributed by atoms with Crippen molar-refractivity contribution in [3.05, 3.63) is 200 Å². The fourth-order valence-electron chi connectivity index (χ4n) is 7.85. The second-order valence-corrected chi connectivity index (χ2v) is 13.5. The molecule has 54 heavy (non-hydrogen) atoms. The van der Waals surface area contributed by atoms with Gasteiger partial charge in [-0.05, 0) is 65.7 Å². The van der Waals surface area contributed by atoms with E-state index < -0.39 is 0 Å².